The molecule has 0 bridgehead atoms. The first kappa shape index (κ1) is 34.6. The fourth-order valence-corrected chi connectivity index (χ4v) is 12.4. The summed E-state index contributed by atoms with van der Waals surface area (Å²) < 4.78 is 2.59. The van der Waals surface area contributed by atoms with Gasteiger partial charge in [0.25, 0.3) is 0 Å². The summed E-state index contributed by atoms with van der Waals surface area (Å²) in [7, 11) is 0. The maximum Gasteiger partial charge on any atom is 0.0755 e. The van der Waals surface area contributed by atoms with Crippen LogP contribution < -0.4 is 9.80 Å². The summed E-state index contributed by atoms with van der Waals surface area (Å²) in [5, 5.41) is 2.58. The number of nitrogens with zero attached hydrogens (tertiary/aromatic N) is 2. The van der Waals surface area contributed by atoms with Gasteiger partial charge in [-0.3, -0.25) is 0 Å². The van der Waals surface area contributed by atoms with Gasteiger partial charge >= 0.3 is 0 Å². The molecule has 2 heterocycles. The van der Waals surface area contributed by atoms with Gasteiger partial charge < -0.3 is 9.80 Å². The summed E-state index contributed by atoms with van der Waals surface area (Å²) in [5.74, 6) is 0. The lowest BCUT2D eigenvalue weighted by Gasteiger charge is -2.44. The molecule has 3 aliphatic rings. The molecule has 1 unspecified atom stereocenters. The number of benzene rings is 9. The van der Waals surface area contributed by atoms with Crippen LogP contribution >= 0.6 is 11.3 Å². The summed E-state index contributed by atoms with van der Waals surface area (Å²) >= 11 is 1.88. The van der Waals surface area contributed by atoms with Crippen LogP contribution in [0.15, 0.2) is 206 Å². The minimum absolute atomic E-state index is 0.140. The fourth-order valence-electron chi connectivity index (χ4n) is 11.3. The molecule has 10 aromatic rings. The van der Waals surface area contributed by atoms with Crippen LogP contribution in [0, 0.1) is 0 Å². The summed E-state index contributed by atoms with van der Waals surface area (Å²) in [4.78, 5) is 5.02. The molecule has 2 aliphatic carbocycles. The second kappa shape index (κ2) is 12.7. The topological polar surface area (TPSA) is 6.48 Å². The Kier molecular flexibility index (Phi) is 7.19. The fraction of sp³-hybridized carbons (Fsp3) is 0.0690. The van der Waals surface area contributed by atoms with Crippen molar-refractivity contribution >= 4 is 65.6 Å². The van der Waals surface area contributed by atoms with Gasteiger partial charge in [-0.1, -0.05) is 153 Å². The Morgan fingerprint density at radius 2 is 1.03 bits per heavy atom. The van der Waals surface area contributed by atoms with E-state index in [9.17, 15) is 0 Å². The van der Waals surface area contributed by atoms with Crippen molar-refractivity contribution in [3.8, 4) is 22.3 Å². The molecular weight excluding hydrogens is 757 g/mol. The minimum atomic E-state index is -0.561. The van der Waals surface area contributed by atoms with Crippen molar-refractivity contribution in [3.05, 3.63) is 240 Å². The Balaban J connectivity index is 1.11. The molecule has 1 aromatic heterocycles. The van der Waals surface area contributed by atoms with E-state index >= 15 is 0 Å². The molecule has 13 rings (SSSR count). The number of anilines is 6. The molecule has 0 saturated heterocycles. The Morgan fingerprint density at radius 1 is 0.443 bits per heavy atom. The van der Waals surface area contributed by atoms with Gasteiger partial charge in [-0.15, -0.1) is 11.3 Å². The number of hydrogen-bond donors (Lipinski definition) is 0. The van der Waals surface area contributed by atoms with E-state index in [2.05, 4.69) is 230 Å². The number of thiophene rings is 1. The quantitative estimate of drug-likeness (QED) is 0.171. The predicted molar refractivity (Wildman–Crippen MR) is 257 cm³/mol. The summed E-state index contributed by atoms with van der Waals surface area (Å²) in [6.07, 6.45) is 0. The van der Waals surface area contributed by atoms with Gasteiger partial charge in [0.2, 0.25) is 0 Å². The zero-order valence-corrected chi connectivity index (χ0v) is 34.7. The van der Waals surface area contributed by atoms with Crippen molar-refractivity contribution in [2.45, 2.75) is 24.7 Å². The molecule has 288 valence electrons. The summed E-state index contributed by atoms with van der Waals surface area (Å²) in [6.45, 7) is 4.76. The van der Waals surface area contributed by atoms with Crippen LogP contribution in [0.4, 0.5) is 34.1 Å². The third-order valence-corrected chi connectivity index (χ3v) is 15.0. The van der Waals surface area contributed by atoms with E-state index in [1.165, 1.54) is 92.9 Å². The van der Waals surface area contributed by atoms with Gasteiger partial charge in [0.15, 0.2) is 0 Å². The number of rotatable bonds is 5. The molecular formula is C58H40N2S. The van der Waals surface area contributed by atoms with Crippen molar-refractivity contribution in [1.29, 1.82) is 0 Å². The molecule has 61 heavy (non-hydrogen) atoms. The first-order valence-electron chi connectivity index (χ1n) is 21.3. The summed E-state index contributed by atoms with van der Waals surface area (Å²) in [5.41, 5.74) is 19.5. The first-order valence-corrected chi connectivity index (χ1v) is 22.1. The van der Waals surface area contributed by atoms with Crippen molar-refractivity contribution < 1.29 is 0 Å². The van der Waals surface area contributed by atoms with Crippen LogP contribution in [0.5, 0.6) is 0 Å². The van der Waals surface area contributed by atoms with Gasteiger partial charge in [0, 0.05) is 48.2 Å². The molecule has 0 spiro atoms. The number of hydrogen-bond acceptors (Lipinski definition) is 3. The second-order valence-electron chi connectivity index (χ2n) is 17.2. The molecule has 1 aliphatic heterocycles. The normalized spacial score (nSPS) is 16.2. The van der Waals surface area contributed by atoms with Crippen LogP contribution in [-0.4, -0.2) is 0 Å². The predicted octanol–water partition coefficient (Wildman–Crippen LogP) is 16.0. The summed E-state index contributed by atoms with van der Waals surface area (Å²) in [6, 6.07) is 77.3. The van der Waals surface area contributed by atoms with Crippen LogP contribution in [0.1, 0.15) is 47.2 Å². The van der Waals surface area contributed by atoms with Crippen molar-refractivity contribution in [1.82, 2.24) is 0 Å². The third kappa shape index (κ3) is 4.62. The molecule has 0 amide bonds. The second-order valence-corrected chi connectivity index (χ2v) is 18.3. The Labute approximate surface area is 360 Å². The van der Waals surface area contributed by atoms with Crippen molar-refractivity contribution in [2.24, 2.45) is 0 Å². The molecule has 0 fully saturated rings. The highest BCUT2D eigenvalue weighted by molar-refractivity contribution is 7.26. The zero-order chi connectivity index (χ0) is 40.5. The van der Waals surface area contributed by atoms with E-state index in [4.69, 9.17) is 0 Å². The van der Waals surface area contributed by atoms with Gasteiger partial charge in [-0.2, -0.15) is 0 Å². The molecule has 3 heteroatoms. The van der Waals surface area contributed by atoms with Gasteiger partial charge in [0.1, 0.15) is 0 Å². The average molecular weight is 797 g/mol. The van der Waals surface area contributed by atoms with Crippen LogP contribution in [0.3, 0.4) is 0 Å². The van der Waals surface area contributed by atoms with E-state index in [-0.39, 0.29) is 5.41 Å². The molecule has 0 radical (unpaired) electrons. The van der Waals surface area contributed by atoms with E-state index in [0.29, 0.717) is 0 Å². The smallest absolute Gasteiger partial charge is 0.0755 e. The monoisotopic (exact) mass is 796 g/mol. The van der Waals surface area contributed by atoms with Crippen molar-refractivity contribution in [3.63, 3.8) is 0 Å². The van der Waals surface area contributed by atoms with Gasteiger partial charge in [0.05, 0.1) is 22.5 Å². The lowest BCUT2D eigenvalue weighted by Crippen LogP contribution is -2.36. The lowest BCUT2D eigenvalue weighted by molar-refractivity contribution is 0.660. The van der Waals surface area contributed by atoms with Crippen LogP contribution in [0.25, 0.3) is 42.4 Å². The Morgan fingerprint density at radius 3 is 1.85 bits per heavy atom. The highest BCUT2D eigenvalue weighted by Crippen LogP contribution is 2.65. The van der Waals surface area contributed by atoms with Gasteiger partial charge in [-0.05, 0) is 117 Å². The van der Waals surface area contributed by atoms with E-state index in [1.54, 1.807) is 0 Å². The Hall–Kier alpha value is -7.20. The third-order valence-electron chi connectivity index (χ3n) is 13.8. The number of fused-ring (bicyclic) bond motifs is 11. The molecule has 9 aromatic carbocycles. The Bertz CT molecular complexity index is 3420. The standard InChI is InChI=1S/C58H40N2S/c1-57(2)46-24-11-9-21-41(46)42-33-31-39(35-48(42)57)59(51-27-16-30-54-55(51)45-22-10-14-29-53(45)61-54)40-32-34-43-44-23-15-28-52-56(44)58(49(43)36-40,37-17-5-3-6-18-37)47-25-12-13-26-50(47)60(52)38-19-7-4-8-20-38/h3-36H,1-2H3. The first-order chi connectivity index (χ1) is 30.0. The highest BCUT2D eigenvalue weighted by Gasteiger charge is 2.52. The minimum Gasteiger partial charge on any atom is -0.310 e. The van der Waals surface area contributed by atoms with Gasteiger partial charge in [-0.25, -0.2) is 0 Å². The molecule has 0 N–H and O–H groups in total. The number of para-hydroxylation sites is 2. The van der Waals surface area contributed by atoms with E-state index < -0.39 is 5.41 Å². The van der Waals surface area contributed by atoms with Crippen LogP contribution in [0.2, 0.25) is 0 Å². The SMILES string of the molecule is CC1(C)c2ccccc2-c2ccc(N(c3ccc4c(c3)C3(c5ccccc5)c5ccccc5N(c5ccccc5)c5cccc-4c53)c3cccc4sc5ccccc5c34)cc21. The van der Waals surface area contributed by atoms with Crippen LogP contribution in [-0.2, 0) is 10.8 Å². The van der Waals surface area contributed by atoms with E-state index in [0.717, 1.165) is 17.1 Å². The average Bonchev–Trinajstić information content (AvgIpc) is 3.92. The van der Waals surface area contributed by atoms with Crippen molar-refractivity contribution in [2.75, 3.05) is 9.80 Å². The molecule has 0 saturated carbocycles. The van der Waals surface area contributed by atoms with E-state index in [1.807, 2.05) is 11.3 Å². The zero-order valence-electron chi connectivity index (χ0n) is 33.9. The maximum absolute atomic E-state index is 2.55. The molecule has 2 nitrogen and oxygen atoms in total. The maximum atomic E-state index is 2.55. The largest absolute Gasteiger partial charge is 0.310 e. The lowest BCUT2D eigenvalue weighted by atomic mass is 9.65. The molecule has 1 atom stereocenters. The highest BCUT2D eigenvalue weighted by atomic mass is 32.1.